The van der Waals surface area contributed by atoms with Gasteiger partial charge in [0.05, 0.1) is 12.1 Å². The summed E-state index contributed by atoms with van der Waals surface area (Å²) in [5, 5.41) is 3.96. The maximum atomic E-state index is 5.28. The van der Waals surface area contributed by atoms with Crippen LogP contribution in [0.5, 0.6) is 0 Å². The van der Waals surface area contributed by atoms with Crippen molar-refractivity contribution in [3.8, 4) is 0 Å². The first-order chi connectivity index (χ1) is 5.86. The second-order valence-electron chi connectivity index (χ2n) is 2.96. The lowest BCUT2D eigenvalue weighted by atomic mass is 10.1. The Morgan fingerprint density at radius 1 is 1.58 bits per heavy atom. The van der Waals surface area contributed by atoms with E-state index in [1.54, 1.807) is 0 Å². The molecular formula is C9H17NO2. The van der Waals surface area contributed by atoms with Gasteiger partial charge in [-0.15, -0.1) is 0 Å². The van der Waals surface area contributed by atoms with Crippen LogP contribution in [0.3, 0.4) is 0 Å². The van der Waals surface area contributed by atoms with E-state index < -0.39 is 0 Å². The van der Waals surface area contributed by atoms with Gasteiger partial charge < -0.3 is 9.57 Å². The lowest BCUT2D eigenvalue weighted by Crippen LogP contribution is -2.12. The van der Waals surface area contributed by atoms with E-state index in [1.165, 1.54) is 12.8 Å². The van der Waals surface area contributed by atoms with Crippen molar-refractivity contribution in [3.05, 3.63) is 0 Å². The van der Waals surface area contributed by atoms with Gasteiger partial charge >= 0.3 is 0 Å². The van der Waals surface area contributed by atoms with Crippen molar-refractivity contribution < 1.29 is 9.57 Å². The normalized spacial score (nSPS) is 22.2. The molecule has 1 rings (SSSR count). The zero-order valence-corrected chi connectivity index (χ0v) is 7.88. The Morgan fingerprint density at radius 2 is 2.42 bits per heavy atom. The van der Waals surface area contributed by atoms with Gasteiger partial charge in [-0.25, -0.2) is 0 Å². The molecule has 1 atom stereocenters. The summed E-state index contributed by atoms with van der Waals surface area (Å²) < 4.78 is 5.28. The van der Waals surface area contributed by atoms with E-state index >= 15 is 0 Å². The Bertz CT molecular complexity index is 157. The molecular weight excluding hydrogens is 154 g/mol. The van der Waals surface area contributed by atoms with Gasteiger partial charge in [-0.3, -0.25) is 0 Å². The maximum Gasteiger partial charge on any atom is 0.232 e. The number of unbranched alkanes of at least 4 members (excludes halogenated alkanes) is 1. The lowest BCUT2D eigenvalue weighted by molar-refractivity contribution is -0.120. The molecule has 1 heterocycles. The molecule has 3 heteroatoms. The van der Waals surface area contributed by atoms with Crippen molar-refractivity contribution in [2.24, 2.45) is 5.16 Å². The lowest BCUT2D eigenvalue weighted by Gasteiger charge is -2.06. The zero-order valence-electron chi connectivity index (χ0n) is 7.88. The van der Waals surface area contributed by atoms with Gasteiger partial charge in [0.2, 0.25) is 6.29 Å². The molecule has 1 aliphatic heterocycles. The van der Waals surface area contributed by atoms with Crippen LogP contribution in [0.2, 0.25) is 0 Å². The summed E-state index contributed by atoms with van der Waals surface area (Å²) >= 11 is 0. The first-order valence-electron chi connectivity index (χ1n) is 4.70. The minimum atomic E-state index is -0.109. The van der Waals surface area contributed by atoms with Crippen molar-refractivity contribution in [3.63, 3.8) is 0 Å². The van der Waals surface area contributed by atoms with Crippen molar-refractivity contribution in [2.45, 2.75) is 45.8 Å². The summed E-state index contributed by atoms with van der Waals surface area (Å²) in [6, 6.07) is 0. The summed E-state index contributed by atoms with van der Waals surface area (Å²) in [6.07, 6.45) is 4.20. The second-order valence-corrected chi connectivity index (χ2v) is 2.96. The van der Waals surface area contributed by atoms with E-state index in [0.717, 1.165) is 18.6 Å². The fraction of sp³-hybridized carbons (Fsp3) is 0.889. The molecule has 0 N–H and O–H groups in total. The summed E-state index contributed by atoms with van der Waals surface area (Å²) in [5.74, 6) is 0. The number of rotatable bonds is 5. The van der Waals surface area contributed by atoms with Crippen LogP contribution in [0, 0.1) is 0 Å². The summed E-state index contributed by atoms with van der Waals surface area (Å²) in [4.78, 5) is 5.07. The smallest absolute Gasteiger partial charge is 0.232 e. The molecule has 3 nitrogen and oxygen atoms in total. The van der Waals surface area contributed by atoms with Gasteiger partial charge in [0.25, 0.3) is 0 Å². The van der Waals surface area contributed by atoms with E-state index in [4.69, 9.17) is 9.57 Å². The highest BCUT2D eigenvalue weighted by Gasteiger charge is 2.19. The molecule has 0 aromatic carbocycles. The molecule has 0 aromatic rings. The molecule has 0 radical (unpaired) electrons. The molecule has 70 valence electrons. The van der Waals surface area contributed by atoms with Crippen LogP contribution in [0.1, 0.15) is 39.5 Å². The van der Waals surface area contributed by atoms with Gasteiger partial charge in [0.1, 0.15) is 0 Å². The highest BCUT2D eigenvalue weighted by Crippen LogP contribution is 2.15. The average Bonchev–Trinajstić information content (AvgIpc) is 2.50. The maximum absolute atomic E-state index is 5.28. The van der Waals surface area contributed by atoms with Crippen LogP contribution in [-0.4, -0.2) is 18.6 Å². The Balaban J connectivity index is 2.14. The highest BCUT2D eigenvalue weighted by molar-refractivity contribution is 5.85. The largest absolute Gasteiger partial charge is 0.363 e. The third-order valence-electron chi connectivity index (χ3n) is 1.87. The Labute approximate surface area is 73.7 Å². The SMILES string of the molecule is CCCCC1=NOC(OCC)C1. The Morgan fingerprint density at radius 3 is 3.08 bits per heavy atom. The van der Waals surface area contributed by atoms with Gasteiger partial charge in [-0.05, 0) is 19.8 Å². The van der Waals surface area contributed by atoms with E-state index in [0.29, 0.717) is 6.61 Å². The monoisotopic (exact) mass is 171 g/mol. The molecule has 0 amide bonds. The second kappa shape index (κ2) is 5.14. The fourth-order valence-electron chi connectivity index (χ4n) is 1.20. The molecule has 12 heavy (non-hydrogen) atoms. The fourth-order valence-corrected chi connectivity index (χ4v) is 1.20. The van der Waals surface area contributed by atoms with E-state index in [9.17, 15) is 0 Å². The van der Waals surface area contributed by atoms with Crippen LogP contribution in [-0.2, 0) is 9.57 Å². The molecule has 0 fully saturated rings. The molecule has 0 bridgehead atoms. The third-order valence-corrected chi connectivity index (χ3v) is 1.87. The molecule has 0 aromatic heterocycles. The quantitative estimate of drug-likeness (QED) is 0.635. The van der Waals surface area contributed by atoms with E-state index in [1.807, 2.05) is 6.92 Å². The Hall–Kier alpha value is -0.570. The van der Waals surface area contributed by atoms with Crippen molar-refractivity contribution in [2.75, 3.05) is 6.61 Å². The number of oxime groups is 1. The zero-order chi connectivity index (χ0) is 8.81. The Kier molecular flexibility index (Phi) is 4.08. The van der Waals surface area contributed by atoms with Crippen molar-refractivity contribution >= 4 is 5.71 Å². The van der Waals surface area contributed by atoms with E-state index in [2.05, 4.69) is 12.1 Å². The number of hydrogen-bond donors (Lipinski definition) is 0. The minimum Gasteiger partial charge on any atom is -0.363 e. The standard InChI is InChI=1S/C9H17NO2/c1-3-5-6-8-7-9(11-4-2)12-10-8/h9H,3-7H2,1-2H3. The molecule has 1 unspecified atom stereocenters. The highest BCUT2D eigenvalue weighted by atomic mass is 16.8. The van der Waals surface area contributed by atoms with Crippen LogP contribution >= 0.6 is 0 Å². The topological polar surface area (TPSA) is 30.8 Å². The number of ether oxygens (including phenoxy) is 1. The summed E-state index contributed by atoms with van der Waals surface area (Å²) in [6.45, 7) is 4.84. The van der Waals surface area contributed by atoms with Crippen LogP contribution in [0.25, 0.3) is 0 Å². The summed E-state index contributed by atoms with van der Waals surface area (Å²) in [5.41, 5.74) is 1.15. The molecule has 1 aliphatic rings. The third kappa shape index (κ3) is 2.81. The predicted octanol–water partition coefficient (Wildman–Crippen LogP) is 2.32. The molecule has 0 spiro atoms. The van der Waals surface area contributed by atoms with Gasteiger partial charge in [-0.1, -0.05) is 18.5 Å². The van der Waals surface area contributed by atoms with Crippen molar-refractivity contribution in [1.82, 2.24) is 0 Å². The molecule has 0 saturated heterocycles. The van der Waals surface area contributed by atoms with E-state index in [-0.39, 0.29) is 6.29 Å². The van der Waals surface area contributed by atoms with Crippen LogP contribution < -0.4 is 0 Å². The predicted molar refractivity (Wildman–Crippen MR) is 48.1 cm³/mol. The molecule has 0 aliphatic carbocycles. The number of hydrogen-bond acceptors (Lipinski definition) is 3. The van der Waals surface area contributed by atoms with Crippen molar-refractivity contribution in [1.29, 1.82) is 0 Å². The van der Waals surface area contributed by atoms with Gasteiger partial charge in [-0.2, -0.15) is 0 Å². The first kappa shape index (κ1) is 9.52. The van der Waals surface area contributed by atoms with Crippen LogP contribution in [0.4, 0.5) is 0 Å². The van der Waals surface area contributed by atoms with Crippen LogP contribution in [0.15, 0.2) is 5.16 Å². The van der Waals surface area contributed by atoms with Gasteiger partial charge in [0.15, 0.2) is 0 Å². The average molecular weight is 171 g/mol. The summed E-state index contributed by atoms with van der Waals surface area (Å²) in [7, 11) is 0. The first-order valence-corrected chi connectivity index (χ1v) is 4.70. The molecule has 0 saturated carbocycles. The number of nitrogens with zero attached hydrogens (tertiary/aromatic N) is 1. The van der Waals surface area contributed by atoms with Gasteiger partial charge in [0, 0.05) is 6.61 Å². The minimum absolute atomic E-state index is 0.109.